The second-order valence-corrected chi connectivity index (χ2v) is 9.83. The average molecular weight is 460 g/mol. The Morgan fingerprint density at radius 1 is 1.10 bits per heavy atom. The van der Waals surface area contributed by atoms with Crippen LogP contribution >= 0.6 is 11.3 Å². The fourth-order valence-corrected chi connectivity index (χ4v) is 5.58. The number of hydrogen-bond donors (Lipinski definition) is 2. The summed E-state index contributed by atoms with van der Waals surface area (Å²) in [7, 11) is -3.81. The van der Waals surface area contributed by atoms with Crippen molar-refractivity contribution in [2.45, 2.75) is 32.2 Å². The molecule has 0 saturated heterocycles. The number of anilines is 1. The van der Waals surface area contributed by atoms with Gasteiger partial charge in [0.05, 0.1) is 10.6 Å². The maximum absolute atomic E-state index is 12.8. The Kier molecular flexibility index (Phi) is 5.59. The van der Waals surface area contributed by atoms with Gasteiger partial charge in [-0.1, -0.05) is 35.1 Å². The van der Waals surface area contributed by atoms with E-state index >= 15 is 0 Å². The number of nitrogens with zero attached hydrogens (tertiary/aromatic N) is 1. The van der Waals surface area contributed by atoms with Gasteiger partial charge in [0.15, 0.2) is 16.6 Å². The van der Waals surface area contributed by atoms with E-state index in [0.29, 0.717) is 27.6 Å². The van der Waals surface area contributed by atoms with Crippen LogP contribution < -0.4 is 19.5 Å². The first-order valence-corrected chi connectivity index (χ1v) is 11.8. The molecular formula is C21H21N3O5S2. The number of carbonyl (C=O) groups is 1. The number of benzene rings is 2. The fraction of sp³-hybridized carbons (Fsp3) is 0.238. The molecule has 0 spiro atoms. The summed E-state index contributed by atoms with van der Waals surface area (Å²) in [4.78, 5) is 17.4. The molecule has 0 saturated carbocycles. The highest BCUT2D eigenvalue weighted by molar-refractivity contribution is 7.93. The summed E-state index contributed by atoms with van der Waals surface area (Å²) < 4.78 is 38.6. The Hall–Kier alpha value is -3.11. The van der Waals surface area contributed by atoms with Gasteiger partial charge in [-0.05, 0) is 50.1 Å². The molecule has 1 aliphatic heterocycles. The summed E-state index contributed by atoms with van der Waals surface area (Å²) in [5.41, 5.74) is 2.92. The van der Waals surface area contributed by atoms with Gasteiger partial charge in [0.25, 0.3) is 15.9 Å². The highest BCUT2D eigenvalue weighted by Crippen LogP contribution is 2.32. The number of rotatable bonds is 6. The number of aromatic nitrogens is 1. The number of carbonyl (C=O) groups excluding carboxylic acids is 1. The van der Waals surface area contributed by atoms with Crippen LogP contribution in [0.1, 0.15) is 32.1 Å². The molecule has 3 aromatic rings. The number of thiazole rings is 1. The lowest BCUT2D eigenvalue weighted by atomic mass is 10.2. The molecule has 2 heterocycles. The normalized spacial score (nSPS) is 12.6. The van der Waals surface area contributed by atoms with E-state index in [-0.39, 0.29) is 29.3 Å². The Morgan fingerprint density at radius 2 is 1.87 bits per heavy atom. The zero-order valence-electron chi connectivity index (χ0n) is 17.2. The molecule has 8 nitrogen and oxygen atoms in total. The van der Waals surface area contributed by atoms with E-state index in [1.165, 1.54) is 0 Å². The van der Waals surface area contributed by atoms with Crippen LogP contribution in [0.2, 0.25) is 0 Å². The third-order valence-electron chi connectivity index (χ3n) is 4.73. The summed E-state index contributed by atoms with van der Waals surface area (Å²) in [5.74, 6) is 0.988. The number of aryl methyl sites for hydroxylation is 3. The van der Waals surface area contributed by atoms with Gasteiger partial charge in [-0.2, -0.15) is 0 Å². The van der Waals surface area contributed by atoms with Crippen LogP contribution in [-0.4, -0.2) is 26.1 Å². The quantitative estimate of drug-likeness (QED) is 0.584. The van der Waals surface area contributed by atoms with Crippen molar-refractivity contribution in [3.63, 3.8) is 0 Å². The zero-order valence-corrected chi connectivity index (χ0v) is 18.8. The predicted octanol–water partition coefficient (Wildman–Crippen LogP) is 3.53. The molecule has 2 aromatic carbocycles. The lowest BCUT2D eigenvalue weighted by Gasteiger charge is -2.08. The van der Waals surface area contributed by atoms with Crippen molar-refractivity contribution < 1.29 is 22.7 Å². The minimum Gasteiger partial charge on any atom is -0.454 e. The minimum atomic E-state index is -3.81. The van der Waals surface area contributed by atoms with Crippen molar-refractivity contribution in [3.8, 4) is 11.5 Å². The molecule has 0 bridgehead atoms. The summed E-state index contributed by atoms with van der Waals surface area (Å²) in [6, 6.07) is 10.6. The number of sulfonamides is 1. The van der Waals surface area contributed by atoms with Gasteiger partial charge in [0.1, 0.15) is 4.88 Å². The van der Waals surface area contributed by atoms with Crippen molar-refractivity contribution in [1.29, 1.82) is 0 Å². The molecule has 1 amide bonds. The van der Waals surface area contributed by atoms with Crippen molar-refractivity contribution in [1.82, 2.24) is 10.3 Å². The number of amides is 1. The lowest BCUT2D eigenvalue weighted by molar-refractivity contribution is 0.0954. The molecule has 31 heavy (non-hydrogen) atoms. The molecule has 0 fully saturated rings. The second-order valence-electron chi connectivity index (χ2n) is 7.18. The Labute approximate surface area is 184 Å². The molecular weight excluding hydrogens is 438 g/mol. The number of hydrogen-bond acceptors (Lipinski definition) is 7. The molecule has 0 unspecified atom stereocenters. The first-order chi connectivity index (χ1) is 14.7. The molecule has 0 atom stereocenters. The Balaban J connectivity index is 1.46. The summed E-state index contributed by atoms with van der Waals surface area (Å²) in [6.07, 6.45) is 0. The fourth-order valence-electron chi connectivity index (χ4n) is 3.24. The molecule has 0 radical (unpaired) electrons. The smallest absolute Gasteiger partial charge is 0.263 e. The second kappa shape index (κ2) is 8.20. The number of nitrogens with one attached hydrogen (secondary N) is 2. The molecule has 2 N–H and O–H groups in total. The van der Waals surface area contributed by atoms with Crippen LogP contribution in [0.5, 0.6) is 11.5 Å². The third-order valence-corrected chi connectivity index (χ3v) is 7.43. The Morgan fingerprint density at radius 3 is 2.65 bits per heavy atom. The van der Waals surface area contributed by atoms with Crippen LogP contribution in [0.3, 0.4) is 0 Å². The first-order valence-electron chi connectivity index (χ1n) is 9.47. The van der Waals surface area contributed by atoms with Crippen LogP contribution in [0.15, 0.2) is 41.3 Å². The average Bonchev–Trinajstić information content (AvgIpc) is 3.31. The molecule has 0 aliphatic carbocycles. The van der Waals surface area contributed by atoms with E-state index in [1.807, 2.05) is 19.1 Å². The monoisotopic (exact) mass is 459 g/mol. The summed E-state index contributed by atoms with van der Waals surface area (Å²) in [5, 5.41) is 2.97. The molecule has 10 heteroatoms. The van der Waals surface area contributed by atoms with Gasteiger partial charge in [-0.3, -0.25) is 9.52 Å². The SMILES string of the molecule is Cc1ccc(S(=O)(=O)Nc2nc(C)c(C(=O)NCc3ccc4c(c3)OCO4)s2)c(C)c1. The molecule has 1 aliphatic rings. The van der Waals surface area contributed by atoms with Gasteiger partial charge in [-0.15, -0.1) is 0 Å². The van der Waals surface area contributed by atoms with Crippen molar-refractivity contribution in [3.05, 3.63) is 63.7 Å². The van der Waals surface area contributed by atoms with Crippen molar-refractivity contribution in [2.75, 3.05) is 11.5 Å². The van der Waals surface area contributed by atoms with Crippen molar-refractivity contribution in [2.24, 2.45) is 0 Å². The van der Waals surface area contributed by atoms with Gasteiger partial charge < -0.3 is 14.8 Å². The maximum atomic E-state index is 12.8. The van der Waals surface area contributed by atoms with Gasteiger partial charge >= 0.3 is 0 Å². The molecule has 4 rings (SSSR count). The predicted molar refractivity (Wildman–Crippen MR) is 117 cm³/mol. The highest BCUT2D eigenvalue weighted by Gasteiger charge is 2.22. The minimum absolute atomic E-state index is 0.144. The highest BCUT2D eigenvalue weighted by atomic mass is 32.2. The van der Waals surface area contributed by atoms with Crippen molar-refractivity contribution >= 4 is 32.4 Å². The summed E-state index contributed by atoms with van der Waals surface area (Å²) >= 11 is 0.995. The van der Waals surface area contributed by atoms with E-state index in [1.54, 1.807) is 38.1 Å². The number of ether oxygens (including phenoxy) is 2. The lowest BCUT2D eigenvalue weighted by Crippen LogP contribution is -2.22. The first kappa shape index (κ1) is 21.1. The van der Waals surface area contributed by atoms with E-state index in [0.717, 1.165) is 22.5 Å². The van der Waals surface area contributed by atoms with E-state index in [2.05, 4.69) is 15.0 Å². The van der Waals surface area contributed by atoms with Gasteiger partial charge in [0, 0.05) is 6.54 Å². The number of fused-ring (bicyclic) bond motifs is 1. The topological polar surface area (TPSA) is 107 Å². The van der Waals surface area contributed by atoms with Crippen LogP contribution in [-0.2, 0) is 16.6 Å². The standard InChI is InChI=1S/C21H21N3O5S2/c1-12-4-7-18(13(2)8-12)31(26,27)24-21-23-14(3)19(30-21)20(25)22-10-15-5-6-16-17(9-15)29-11-28-16/h4-9H,10-11H2,1-3H3,(H,22,25)(H,23,24). The van der Waals surface area contributed by atoms with Gasteiger partial charge in [-0.25, -0.2) is 13.4 Å². The van der Waals surface area contributed by atoms with E-state index < -0.39 is 10.0 Å². The van der Waals surface area contributed by atoms with Crippen LogP contribution in [0.25, 0.3) is 0 Å². The van der Waals surface area contributed by atoms with E-state index in [4.69, 9.17) is 9.47 Å². The molecule has 162 valence electrons. The summed E-state index contributed by atoms with van der Waals surface area (Å²) in [6.45, 7) is 5.78. The molecule has 1 aromatic heterocycles. The largest absolute Gasteiger partial charge is 0.454 e. The maximum Gasteiger partial charge on any atom is 0.263 e. The van der Waals surface area contributed by atoms with Crippen LogP contribution in [0, 0.1) is 20.8 Å². The van der Waals surface area contributed by atoms with E-state index in [9.17, 15) is 13.2 Å². The van der Waals surface area contributed by atoms with Gasteiger partial charge in [0.2, 0.25) is 6.79 Å². The van der Waals surface area contributed by atoms with Crippen LogP contribution in [0.4, 0.5) is 5.13 Å². The third kappa shape index (κ3) is 4.49. The Bertz CT molecular complexity index is 1270. The zero-order chi connectivity index (χ0) is 22.2.